The van der Waals surface area contributed by atoms with Gasteiger partial charge >= 0.3 is 5.97 Å². The lowest BCUT2D eigenvalue weighted by atomic mass is 10.0. The SMILES string of the molecule is O=C(O)c1ccc(-c2ccc3ncccc3c2)cn1. The molecule has 0 fully saturated rings. The van der Waals surface area contributed by atoms with Crippen LogP contribution in [0.4, 0.5) is 0 Å². The quantitative estimate of drug-likeness (QED) is 0.759. The van der Waals surface area contributed by atoms with Gasteiger partial charge in [0.25, 0.3) is 0 Å². The number of rotatable bonds is 2. The number of carbonyl (C=O) groups is 1. The van der Waals surface area contributed by atoms with E-state index in [2.05, 4.69) is 9.97 Å². The van der Waals surface area contributed by atoms with Crippen molar-refractivity contribution < 1.29 is 9.90 Å². The molecule has 2 heterocycles. The topological polar surface area (TPSA) is 63.1 Å². The van der Waals surface area contributed by atoms with Gasteiger partial charge < -0.3 is 5.11 Å². The van der Waals surface area contributed by atoms with Crippen LogP contribution in [0.2, 0.25) is 0 Å². The summed E-state index contributed by atoms with van der Waals surface area (Å²) in [6.45, 7) is 0. The Hall–Kier alpha value is -2.75. The van der Waals surface area contributed by atoms with Crippen molar-refractivity contribution in [1.29, 1.82) is 0 Å². The van der Waals surface area contributed by atoms with Gasteiger partial charge in [0.05, 0.1) is 5.52 Å². The zero-order valence-electron chi connectivity index (χ0n) is 9.95. The van der Waals surface area contributed by atoms with Crippen molar-refractivity contribution in [1.82, 2.24) is 9.97 Å². The molecule has 0 atom stereocenters. The molecule has 2 aromatic heterocycles. The van der Waals surface area contributed by atoms with Crippen molar-refractivity contribution >= 4 is 16.9 Å². The minimum Gasteiger partial charge on any atom is -0.477 e. The predicted octanol–water partition coefficient (Wildman–Crippen LogP) is 3.00. The fraction of sp³-hybridized carbons (Fsp3) is 0. The van der Waals surface area contributed by atoms with Gasteiger partial charge in [0, 0.05) is 23.3 Å². The molecule has 92 valence electrons. The number of aromatic carboxylic acids is 1. The van der Waals surface area contributed by atoms with Crippen LogP contribution in [0.5, 0.6) is 0 Å². The van der Waals surface area contributed by atoms with Crippen LogP contribution in [0.15, 0.2) is 54.9 Å². The number of aromatic nitrogens is 2. The lowest BCUT2D eigenvalue weighted by Crippen LogP contribution is -1.99. The van der Waals surface area contributed by atoms with Gasteiger partial charge in [-0.15, -0.1) is 0 Å². The summed E-state index contributed by atoms with van der Waals surface area (Å²) in [5, 5.41) is 9.86. The van der Waals surface area contributed by atoms with Crippen molar-refractivity contribution in [2.45, 2.75) is 0 Å². The van der Waals surface area contributed by atoms with E-state index in [0.717, 1.165) is 22.0 Å². The standard InChI is InChI=1S/C15H10N2O2/c18-15(19)14-6-4-12(9-17-14)10-3-5-13-11(8-10)2-1-7-16-13/h1-9H,(H,18,19). The normalized spacial score (nSPS) is 10.5. The van der Waals surface area contributed by atoms with Crippen LogP contribution in [0.1, 0.15) is 10.5 Å². The molecule has 0 aliphatic heterocycles. The van der Waals surface area contributed by atoms with Crippen molar-refractivity contribution in [3.8, 4) is 11.1 Å². The lowest BCUT2D eigenvalue weighted by molar-refractivity contribution is 0.0690. The zero-order valence-corrected chi connectivity index (χ0v) is 9.95. The van der Waals surface area contributed by atoms with Crippen LogP contribution in [0, 0.1) is 0 Å². The van der Waals surface area contributed by atoms with E-state index < -0.39 is 5.97 Å². The van der Waals surface area contributed by atoms with E-state index in [4.69, 9.17) is 5.11 Å². The lowest BCUT2D eigenvalue weighted by Gasteiger charge is -2.03. The summed E-state index contributed by atoms with van der Waals surface area (Å²) in [6, 6.07) is 13.0. The highest BCUT2D eigenvalue weighted by Gasteiger charge is 2.05. The molecule has 3 aromatic rings. The van der Waals surface area contributed by atoms with Crippen molar-refractivity contribution in [3.05, 3.63) is 60.6 Å². The van der Waals surface area contributed by atoms with Gasteiger partial charge in [-0.25, -0.2) is 9.78 Å². The van der Waals surface area contributed by atoms with Crippen LogP contribution in [0.3, 0.4) is 0 Å². The summed E-state index contributed by atoms with van der Waals surface area (Å²) >= 11 is 0. The third-order valence-electron chi connectivity index (χ3n) is 2.92. The molecule has 0 unspecified atom stereocenters. The van der Waals surface area contributed by atoms with Gasteiger partial charge in [-0.05, 0) is 29.8 Å². The van der Waals surface area contributed by atoms with E-state index >= 15 is 0 Å². The van der Waals surface area contributed by atoms with Crippen molar-refractivity contribution in [3.63, 3.8) is 0 Å². The van der Waals surface area contributed by atoms with E-state index in [1.165, 1.54) is 6.07 Å². The highest BCUT2D eigenvalue weighted by molar-refractivity contribution is 5.87. The second-order valence-corrected chi connectivity index (χ2v) is 4.15. The van der Waals surface area contributed by atoms with E-state index in [0.29, 0.717) is 0 Å². The number of hydrogen-bond acceptors (Lipinski definition) is 3. The molecule has 19 heavy (non-hydrogen) atoms. The first-order valence-corrected chi connectivity index (χ1v) is 5.78. The summed E-state index contributed by atoms with van der Waals surface area (Å²) in [5.41, 5.74) is 2.85. The third-order valence-corrected chi connectivity index (χ3v) is 2.92. The molecule has 4 heteroatoms. The fourth-order valence-electron chi connectivity index (χ4n) is 1.95. The minimum absolute atomic E-state index is 0.0474. The molecule has 3 rings (SSSR count). The van der Waals surface area contributed by atoms with Gasteiger partial charge in [0.1, 0.15) is 5.69 Å². The Morgan fingerprint density at radius 1 is 1.00 bits per heavy atom. The summed E-state index contributed by atoms with van der Waals surface area (Å²) in [5.74, 6) is -1.02. The molecule has 0 aliphatic carbocycles. The average Bonchev–Trinajstić information content (AvgIpc) is 2.47. The van der Waals surface area contributed by atoms with E-state index in [1.807, 2.05) is 30.3 Å². The molecule has 0 amide bonds. The molecule has 0 aliphatic rings. The van der Waals surface area contributed by atoms with E-state index in [1.54, 1.807) is 18.5 Å². The zero-order chi connectivity index (χ0) is 13.2. The largest absolute Gasteiger partial charge is 0.477 e. The molecule has 4 nitrogen and oxygen atoms in total. The number of benzene rings is 1. The van der Waals surface area contributed by atoms with Crippen LogP contribution >= 0.6 is 0 Å². The first-order chi connectivity index (χ1) is 9.24. The highest BCUT2D eigenvalue weighted by Crippen LogP contribution is 2.22. The maximum Gasteiger partial charge on any atom is 0.354 e. The number of carboxylic acid groups (broad SMARTS) is 1. The number of nitrogens with zero attached hydrogens (tertiary/aromatic N) is 2. The van der Waals surface area contributed by atoms with Gasteiger partial charge in [0.15, 0.2) is 0 Å². The third kappa shape index (κ3) is 2.15. The van der Waals surface area contributed by atoms with Crippen LogP contribution in [-0.2, 0) is 0 Å². The Bertz CT molecular complexity index is 751. The van der Waals surface area contributed by atoms with Gasteiger partial charge in [-0.3, -0.25) is 4.98 Å². The van der Waals surface area contributed by atoms with Crippen LogP contribution < -0.4 is 0 Å². The fourth-order valence-corrected chi connectivity index (χ4v) is 1.95. The molecule has 0 spiro atoms. The summed E-state index contributed by atoms with van der Waals surface area (Å²) in [6.07, 6.45) is 3.33. The Labute approximate surface area is 109 Å². The molecular weight excluding hydrogens is 240 g/mol. The van der Waals surface area contributed by atoms with Crippen LogP contribution in [0.25, 0.3) is 22.0 Å². The maximum atomic E-state index is 10.8. The number of fused-ring (bicyclic) bond motifs is 1. The Morgan fingerprint density at radius 2 is 1.84 bits per heavy atom. The number of carboxylic acids is 1. The number of pyridine rings is 2. The number of hydrogen-bond donors (Lipinski definition) is 1. The van der Waals surface area contributed by atoms with Gasteiger partial charge in [-0.1, -0.05) is 18.2 Å². The Kier molecular flexibility index (Phi) is 2.68. The van der Waals surface area contributed by atoms with E-state index in [-0.39, 0.29) is 5.69 Å². The Balaban J connectivity index is 2.06. The second-order valence-electron chi connectivity index (χ2n) is 4.15. The molecule has 0 saturated carbocycles. The van der Waals surface area contributed by atoms with Gasteiger partial charge in [0.2, 0.25) is 0 Å². The summed E-state index contributed by atoms with van der Waals surface area (Å²) in [7, 11) is 0. The summed E-state index contributed by atoms with van der Waals surface area (Å²) in [4.78, 5) is 18.9. The molecule has 0 bridgehead atoms. The van der Waals surface area contributed by atoms with Crippen LogP contribution in [-0.4, -0.2) is 21.0 Å². The molecule has 0 saturated heterocycles. The van der Waals surface area contributed by atoms with Gasteiger partial charge in [-0.2, -0.15) is 0 Å². The first-order valence-electron chi connectivity index (χ1n) is 5.78. The molecule has 0 radical (unpaired) electrons. The summed E-state index contributed by atoms with van der Waals surface area (Å²) < 4.78 is 0. The second kappa shape index (κ2) is 4.49. The maximum absolute atomic E-state index is 10.8. The first kappa shape index (κ1) is 11.3. The predicted molar refractivity (Wildman–Crippen MR) is 71.9 cm³/mol. The minimum atomic E-state index is -1.02. The van der Waals surface area contributed by atoms with Crippen molar-refractivity contribution in [2.75, 3.05) is 0 Å². The molecular formula is C15H10N2O2. The monoisotopic (exact) mass is 250 g/mol. The average molecular weight is 250 g/mol. The Morgan fingerprint density at radius 3 is 2.58 bits per heavy atom. The van der Waals surface area contributed by atoms with E-state index in [9.17, 15) is 4.79 Å². The van der Waals surface area contributed by atoms with Crippen molar-refractivity contribution in [2.24, 2.45) is 0 Å². The molecule has 1 N–H and O–H groups in total. The highest BCUT2D eigenvalue weighted by atomic mass is 16.4. The molecule has 1 aromatic carbocycles. The smallest absolute Gasteiger partial charge is 0.354 e.